The number of rotatable bonds is 12. The van der Waals surface area contributed by atoms with Gasteiger partial charge in [0.15, 0.2) is 0 Å². The van der Waals surface area contributed by atoms with Crippen LogP contribution in [0.2, 0.25) is 0 Å². The minimum absolute atomic E-state index is 0. The maximum atomic E-state index is 4.50. The predicted molar refractivity (Wildman–Crippen MR) is 458 cm³/mol. The van der Waals surface area contributed by atoms with Crippen LogP contribution in [0.1, 0.15) is 22.8 Å². The first-order chi connectivity index (χ1) is 57.2. The summed E-state index contributed by atoms with van der Waals surface area (Å²) in [6.45, 7) is 8.13. The topological polar surface area (TPSA) is 179 Å². The van der Waals surface area contributed by atoms with Crippen molar-refractivity contribution in [2.45, 2.75) is 27.7 Å². The first-order valence-electron chi connectivity index (χ1n) is 37.2. The number of imidazole rings is 2. The minimum atomic E-state index is 0. The van der Waals surface area contributed by atoms with E-state index in [1.807, 2.05) is 239 Å². The van der Waals surface area contributed by atoms with Crippen molar-refractivity contribution in [3.63, 3.8) is 0 Å². The van der Waals surface area contributed by atoms with E-state index in [0.717, 1.165) is 90.7 Å². The maximum absolute atomic E-state index is 4.50. The Labute approximate surface area is 758 Å². The van der Waals surface area contributed by atoms with Gasteiger partial charge in [-0.05, 0) is 109 Å². The van der Waals surface area contributed by atoms with Crippen LogP contribution in [0.25, 0.3) is 112 Å². The molecule has 8 aromatic heterocycles. The van der Waals surface area contributed by atoms with E-state index in [-0.39, 0.29) is 84.3 Å². The first-order valence-corrected chi connectivity index (χ1v) is 37.2. The summed E-state index contributed by atoms with van der Waals surface area (Å²) < 4.78 is 7.49. The Morgan fingerprint density at radius 2 is 0.642 bits per heavy atom. The molecule has 0 fully saturated rings. The molecule has 16 nitrogen and oxygen atoms in total. The summed E-state index contributed by atoms with van der Waals surface area (Å²) in [5, 5.41) is 32.7. The molecule has 0 bridgehead atoms. The molecule has 120 heavy (non-hydrogen) atoms. The van der Waals surface area contributed by atoms with Gasteiger partial charge < -0.3 is 40.3 Å². The Bertz CT molecular complexity index is 5570. The largest absolute Gasteiger partial charge is 0.619 e. The summed E-state index contributed by atoms with van der Waals surface area (Å²) in [5.41, 5.74) is 24.3. The van der Waals surface area contributed by atoms with Gasteiger partial charge in [-0.25, -0.2) is 11.4 Å². The molecule has 0 saturated carbocycles. The standard InChI is InChI=1S/2C17H15N2.2C15H11N2.4C9H6N2.4Pt/c2*1-13-11-14(2)19(18-13)17-10-6-9-16(12-17)15-7-4-3-5-8-15;2*1-2-6-13(7-3-1)14-8-4-9-15(12-14)17-11-5-10-16-17;1-2-4-8(5-3-1)9-6-10-7-11-9;1-2-4-8(5-3-1)9-10-6-7-11-9;2*1-2-4-8(5-3-1)9-6-7-10-11-9;;;;/h2*3-9,11-12H,1-2H3;2*1-8,10-12H;4*1-4,6-7H;;;;/q4*-1;4*-2;;;;. The van der Waals surface area contributed by atoms with Crippen LogP contribution in [0.4, 0.5) is 0 Å². The zero-order valence-electron chi connectivity index (χ0n) is 65.4. The Kier molecular flexibility index (Phi) is 36.9. The molecule has 0 spiro atoms. The van der Waals surface area contributed by atoms with Gasteiger partial charge in [-0.15, -0.1) is 210 Å². The molecule has 8 heterocycles. The van der Waals surface area contributed by atoms with Gasteiger partial charge in [0.2, 0.25) is 0 Å². The first kappa shape index (κ1) is 91.0. The molecular formula is C100H76N16Pt4-12. The van der Waals surface area contributed by atoms with Crippen LogP contribution in [-0.4, -0.2) is 59.3 Å². The van der Waals surface area contributed by atoms with Crippen molar-refractivity contribution in [1.82, 2.24) is 79.5 Å². The van der Waals surface area contributed by atoms with Gasteiger partial charge in [-0.1, -0.05) is 134 Å². The van der Waals surface area contributed by atoms with Crippen LogP contribution >= 0.6 is 0 Å². The van der Waals surface area contributed by atoms with Crippen LogP contribution in [-0.2, 0) is 84.3 Å². The molecule has 608 valence electrons. The van der Waals surface area contributed by atoms with Crippen molar-refractivity contribution in [2.75, 3.05) is 0 Å². The number of aromatic nitrogens is 16. The second-order valence-corrected chi connectivity index (χ2v) is 25.6. The number of benzene rings is 12. The predicted octanol–water partition coefficient (Wildman–Crippen LogP) is 20.6. The average Bonchev–Trinajstić information content (AvgIpc) is 1.19. The summed E-state index contributed by atoms with van der Waals surface area (Å²) in [5.74, 6) is 0.741. The van der Waals surface area contributed by atoms with Crippen molar-refractivity contribution >= 4 is 0 Å². The summed E-state index contributed by atoms with van der Waals surface area (Å²) in [7, 11) is 0. The summed E-state index contributed by atoms with van der Waals surface area (Å²) in [6.07, 6.45) is 17.3. The normalized spacial score (nSPS) is 9.90. The van der Waals surface area contributed by atoms with E-state index in [2.05, 4.69) is 257 Å². The van der Waals surface area contributed by atoms with Crippen LogP contribution in [0.3, 0.4) is 0 Å². The fraction of sp³-hybridized carbons (Fsp3) is 0.0400. The molecule has 0 aliphatic heterocycles. The maximum Gasteiger partial charge on any atom is 0.0600 e. The van der Waals surface area contributed by atoms with Gasteiger partial charge in [0.05, 0.1) is 11.4 Å². The Morgan fingerprint density at radius 3 is 0.933 bits per heavy atom. The molecule has 0 saturated heterocycles. The van der Waals surface area contributed by atoms with E-state index < -0.39 is 0 Å². The van der Waals surface area contributed by atoms with Gasteiger partial charge in [0.1, 0.15) is 0 Å². The monoisotopic (exact) mass is 2280 g/mol. The fourth-order valence-corrected chi connectivity index (χ4v) is 11.8. The van der Waals surface area contributed by atoms with Crippen molar-refractivity contribution in [1.29, 1.82) is 0 Å². The third-order valence-corrected chi connectivity index (χ3v) is 17.3. The molecule has 0 N–H and O–H groups in total. The Balaban J connectivity index is 0.000000157. The summed E-state index contributed by atoms with van der Waals surface area (Å²) >= 11 is 0. The molecule has 20 rings (SSSR count). The molecule has 20 aromatic rings. The van der Waals surface area contributed by atoms with E-state index in [4.69, 9.17) is 0 Å². The minimum Gasteiger partial charge on any atom is -0.619 e. The Hall–Kier alpha value is -12.9. The van der Waals surface area contributed by atoms with Crippen molar-refractivity contribution < 1.29 is 84.3 Å². The second kappa shape index (κ2) is 48.7. The van der Waals surface area contributed by atoms with E-state index in [1.165, 1.54) is 50.8 Å². The van der Waals surface area contributed by atoms with Gasteiger partial charge in [-0.3, -0.25) is 18.7 Å². The van der Waals surface area contributed by atoms with Crippen LogP contribution in [0.15, 0.2) is 390 Å². The zero-order chi connectivity index (χ0) is 79.6. The molecule has 0 amide bonds. The molecule has 20 heteroatoms. The zero-order valence-corrected chi connectivity index (χ0v) is 74.5. The van der Waals surface area contributed by atoms with E-state index >= 15 is 0 Å². The van der Waals surface area contributed by atoms with Crippen LogP contribution < -0.4 is 20.2 Å². The SMILES string of the molecule is Cc1cc(C)n(-c2[c-]ccc(-c3ccccc3)c2)n1.Cc1cc(C)n(-c2[c-]ccc(-c3ccccc3)c2)n1.[Pt].[Pt].[Pt].[Pt].[c-]1ccc(-c2ccccc2)cc1-n1cccn1.[c-]1ccc(-c2ccccc2)cc1-n1cccn1.[c-]1ccccc1-c1ccn[n-]1.[c-]1ccccc1-c1ccn[n-]1.[c-]1ccccc1-c1cnc[n-]1.[c-]1ccccc1-c1ncc[n-]1. The number of nitrogens with zero attached hydrogens (tertiary/aromatic N) is 16. The number of hydrogen-bond donors (Lipinski definition) is 0. The second-order valence-electron chi connectivity index (χ2n) is 25.6. The fourth-order valence-electron chi connectivity index (χ4n) is 11.8. The smallest absolute Gasteiger partial charge is 0.0600 e. The van der Waals surface area contributed by atoms with E-state index in [0.29, 0.717) is 0 Å². The van der Waals surface area contributed by atoms with Gasteiger partial charge in [0.25, 0.3) is 0 Å². The van der Waals surface area contributed by atoms with Crippen molar-refractivity contribution in [3.05, 3.63) is 461 Å². The Morgan fingerprint density at radius 1 is 0.292 bits per heavy atom. The molecule has 0 radical (unpaired) electrons. The molecule has 12 aromatic carbocycles. The molecule has 0 unspecified atom stereocenters. The quantitative estimate of drug-likeness (QED) is 0.106. The molecule has 0 atom stereocenters. The average molecular weight is 2280 g/mol. The van der Waals surface area contributed by atoms with Crippen LogP contribution in [0, 0.1) is 76.2 Å². The third-order valence-electron chi connectivity index (χ3n) is 17.3. The summed E-state index contributed by atoms with van der Waals surface area (Å²) in [4.78, 5) is 16.0. The molecular weight excluding hydrogens is 2210 g/mol. The molecule has 0 aliphatic carbocycles. The van der Waals surface area contributed by atoms with Crippen molar-refractivity contribution in [3.8, 4) is 112 Å². The molecule has 0 aliphatic rings. The third kappa shape index (κ3) is 27.1. The number of aryl methyl sites for hydroxylation is 4. The van der Waals surface area contributed by atoms with E-state index in [1.54, 1.807) is 43.4 Å². The van der Waals surface area contributed by atoms with Gasteiger partial charge >= 0.3 is 0 Å². The van der Waals surface area contributed by atoms with Crippen LogP contribution in [0.5, 0.6) is 0 Å². The number of hydrogen-bond acceptors (Lipinski definition) is 8. The van der Waals surface area contributed by atoms with Gasteiger partial charge in [0, 0.05) is 120 Å². The van der Waals surface area contributed by atoms with Gasteiger partial charge in [-0.2, -0.15) is 110 Å². The summed E-state index contributed by atoms with van der Waals surface area (Å²) in [6, 6.07) is 133. The van der Waals surface area contributed by atoms with Crippen molar-refractivity contribution in [2.24, 2.45) is 0 Å². The van der Waals surface area contributed by atoms with E-state index in [9.17, 15) is 0 Å².